The number of aromatic amines is 2. The molecule has 25 heavy (non-hydrogen) atoms. The first-order chi connectivity index (χ1) is 12.4. The molecule has 0 aliphatic carbocycles. The maximum atomic E-state index is 4.39. The number of H-pyrrole nitrogens is 2. The molecule has 1 aliphatic rings. The van der Waals surface area contributed by atoms with E-state index in [4.69, 9.17) is 0 Å². The second-order valence-electron chi connectivity index (χ2n) is 6.72. The van der Waals surface area contributed by atoms with Gasteiger partial charge in [0, 0.05) is 67.4 Å². The zero-order valence-corrected chi connectivity index (χ0v) is 14.1. The third-order valence-electron chi connectivity index (χ3n) is 5.13. The number of aromatic nitrogens is 3. The van der Waals surface area contributed by atoms with Crippen LogP contribution in [-0.2, 0) is 6.54 Å². The monoisotopic (exact) mass is 331 g/mol. The molecule has 0 amide bonds. The molecule has 1 saturated heterocycles. The number of benzene rings is 1. The Labute approximate surface area is 146 Å². The van der Waals surface area contributed by atoms with Gasteiger partial charge in [-0.15, -0.1) is 0 Å². The van der Waals surface area contributed by atoms with Crippen molar-refractivity contribution in [1.82, 2.24) is 19.9 Å². The van der Waals surface area contributed by atoms with Gasteiger partial charge in [-0.25, -0.2) is 4.98 Å². The highest BCUT2D eigenvalue weighted by Crippen LogP contribution is 2.26. The Morgan fingerprint density at radius 1 is 1.00 bits per heavy atom. The number of fused-ring (bicyclic) bond motifs is 2. The van der Waals surface area contributed by atoms with Gasteiger partial charge in [-0.3, -0.25) is 4.90 Å². The molecule has 0 saturated carbocycles. The fraction of sp³-hybridized carbons (Fsp3) is 0.250. The summed E-state index contributed by atoms with van der Waals surface area (Å²) in [5, 5.41) is 2.51. The van der Waals surface area contributed by atoms with E-state index in [2.05, 4.69) is 67.2 Å². The molecule has 3 aromatic heterocycles. The minimum atomic E-state index is 0.970. The summed E-state index contributed by atoms with van der Waals surface area (Å²) in [5.74, 6) is 0. The zero-order valence-electron chi connectivity index (χ0n) is 14.1. The molecule has 5 heteroatoms. The van der Waals surface area contributed by atoms with Crippen LogP contribution in [0.3, 0.4) is 0 Å². The van der Waals surface area contributed by atoms with Crippen LogP contribution in [0.1, 0.15) is 5.69 Å². The molecule has 0 bridgehead atoms. The van der Waals surface area contributed by atoms with E-state index in [1.54, 1.807) is 0 Å². The average molecular weight is 331 g/mol. The number of rotatable bonds is 3. The molecule has 1 aromatic carbocycles. The normalized spacial score (nSPS) is 16.1. The summed E-state index contributed by atoms with van der Waals surface area (Å²) in [6, 6.07) is 15.0. The minimum Gasteiger partial charge on any atom is -0.368 e. The lowest BCUT2D eigenvalue weighted by Crippen LogP contribution is -2.46. The van der Waals surface area contributed by atoms with Crippen LogP contribution in [-0.4, -0.2) is 46.0 Å². The lowest BCUT2D eigenvalue weighted by Gasteiger charge is -2.36. The van der Waals surface area contributed by atoms with Gasteiger partial charge >= 0.3 is 0 Å². The molecule has 5 nitrogen and oxygen atoms in total. The standard InChI is InChI=1S/C20H21N5/c1-2-4-18-15(3-1)13-16(23-18)14-24-9-11-25(12-10-24)19-6-8-22-20-17(19)5-7-21-20/h1-8,13,23H,9-12,14H2,(H,21,22). The lowest BCUT2D eigenvalue weighted by molar-refractivity contribution is 0.248. The van der Waals surface area contributed by atoms with E-state index in [0.29, 0.717) is 0 Å². The summed E-state index contributed by atoms with van der Waals surface area (Å²) in [7, 11) is 0. The number of nitrogens with zero attached hydrogens (tertiary/aromatic N) is 3. The Morgan fingerprint density at radius 2 is 1.88 bits per heavy atom. The van der Waals surface area contributed by atoms with Crippen LogP contribution < -0.4 is 4.90 Å². The number of anilines is 1. The third-order valence-corrected chi connectivity index (χ3v) is 5.13. The topological polar surface area (TPSA) is 51.0 Å². The summed E-state index contributed by atoms with van der Waals surface area (Å²) < 4.78 is 0. The van der Waals surface area contributed by atoms with Gasteiger partial charge in [-0.2, -0.15) is 0 Å². The molecular weight excluding hydrogens is 310 g/mol. The minimum absolute atomic E-state index is 0.970. The van der Waals surface area contributed by atoms with E-state index in [9.17, 15) is 0 Å². The number of hydrogen-bond acceptors (Lipinski definition) is 3. The van der Waals surface area contributed by atoms with Gasteiger partial charge < -0.3 is 14.9 Å². The van der Waals surface area contributed by atoms with Crippen molar-refractivity contribution in [3.8, 4) is 0 Å². The van der Waals surface area contributed by atoms with Crippen molar-refractivity contribution >= 4 is 27.6 Å². The van der Waals surface area contributed by atoms with Gasteiger partial charge in [0.2, 0.25) is 0 Å². The molecule has 1 fully saturated rings. The molecule has 126 valence electrons. The lowest BCUT2D eigenvalue weighted by atomic mass is 10.2. The van der Waals surface area contributed by atoms with E-state index in [1.165, 1.54) is 27.7 Å². The second-order valence-corrected chi connectivity index (χ2v) is 6.72. The van der Waals surface area contributed by atoms with E-state index in [-0.39, 0.29) is 0 Å². The predicted molar refractivity (Wildman–Crippen MR) is 102 cm³/mol. The third kappa shape index (κ3) is 2.66. The van der Waals surface area contributed by atoms with Crippen molar-refractivity contribution in [2.75, 3.05) is 31.1 Å². The highest BCUT2D eigenvalue weighted by Gasteiger charge is 2.19. The van der Waals surface area contributed by atoms with Crippen LogP contribution in [0.2, 0.25) is 0 Å². The summed E-state index contributed by atoms with van der Waals surface area (Å²) in [6.45, 7) is 5.22. The first kappa shape index (κ1) is 14.5. The van der Waals surface area contributed by atoms with Crippen LogP contribution in [0.25, 0.3) is 21.9 Å². The van der Waals surface area contributed by atoms with Gasteiger partial charge in [0.15, 0.2) is 0 Å². The Bertz CT molecular complexity index is 974. The summed E-state index contributed by atoms with van der Waals surface area (Å²) in [4.78, 5) is 16.1. The van der Waals surface area contributed by atoms with E-state index >= 15 is 0 Å². The van der Waals surface area contributed by atoms with Gasteiger partial charge in [-0.05, 0) is 29.7 Å². The quantitative estimate of drug-likeness (QED) is 0.605. The predicted octanol–water partition coefficient (Wildman–Crippen LogP) is 3.37. The van der Waals surface area contributed by atoms with Crippen molar-refractivity contribution < 1.29 is 0 Å². The van der Waals surface area contributed by atoms with Crippen molar-refractivity contribution in [1.29, 1.82) is 0 Å². The smallest absolute Gasteiger partial charge is 0.139 e. The molecule has 2 N–H and O–H groups in total. The molecule has 0 unspecified atom stereocenters. The Morgan fingerprint density at radius 3 is 2.76 bits per heavy atom. The maximum absolute atomic E-state index is 4.39. The van der Waals surface area contributed by atoms with Gasteiger partial charge in [0.05, 0.1) is 0 Å². The maximum Gasteiger partial charge on any atom is 0.139 e. The Hall–Kier alpha value is -2.79. The average Bonchev–Trinajstić information content (AvgIpc) is 3.28. The fourth-order valence-corrected chi connectivity index (χ4v) is 3.83. The number of para-hydroxylation sites is 1. The van der Waals surface area contributed by atoms with Gasteiger partial charge in [0.25, 0.3) is 0 Å². The summed E-state index contributed by atoms with van der Waals surface area (Å²) >= 11 is 0. The van der Waals surface area contributed by atoms with Crippen molar-refractivity contribution in [3.05, 3.63) is 60.6 Å². The highest BCUT2D eigenvalue weighted by atomic mass is 15.3. The first-order valence-electron chi connectivity index (χ1n) is 8.83. The number of hydrogen-bond donors (Lipinski definition) is 2. The van der Waals surface area contributed by atoms with Crippen molar-refractivity contribution in [2.24, 2.45) is 0 Å². The zero-order chi connectivity index (χ0) is 16.6. The molecule has 0 atom stereocenters. The summed E-state index contributed by atoms with van der Waals surface area (Å²) in [6.07, 6.45) is 3.86. The number of nitrogens with one attached hydrogen (secondary N) is 2. The molecule has 4 heterocycles. The molecule has 4 aromatic rings. The SMILES string of the molecule is c1ccc2[nH]c(CN3CCN(c4ccnc5[nH]ccc45)CC3)cc2c1. The number of piperazine rings is 1. The number of pyridine rings is 1. The second kappa shape index (κ2) is 5.93. The van der Waals surface area contributed by atoms with Crippen molar-refractivity contribution in [3.63, 3.8) is 0 Å². The molecule has 0 spiro atoms. The first-order valence-corrected chi connectivity index (χ1v) is 8.83. The Kier molecular flexibility index (Phi) is 3.45. The largest absolute Gasteiger partial charge is 0.368 e. The van der Waals surface area contributed by atoms with Crippen LogP contribution in [0, 0.1) is 0 Å². The van der Waals surface area contributed by atoms with Gasteiger partial charge in [0.1, 0.15) is 5.65 Å². The molecule has 0 radical (unpaired) electrons. The van der Waals surface area contributed by atoms with Gasteiger partial charge in [-0.1, -0.05) is 18.2 Å². The fourth-order valence-electron chi connectivity index (χ4n) is 3.83. The molecule has 1 aliphatic heterocycles. The van der Waals surface area contributed by atoms with Crippen LogP contribution in [0.15, 0.2) is 54.9 Å². The Balaban J connectivity index is 1.29. The van der Waals surface area contributed by atoms with E-state index in [0.717, 1.165) is 38.4 Å². The van der Waals surface area contributed by atoms with Crippen LogP contribution >= 0.6 is 0 Å². The van der Waals surface area contributed by atoms with Crippen LogP contribution in [0.4, 0.5) is 5.69 Å². The van der Waals surface area contributed by atoms with E-state index < -0.39 is 0 Å². The summed E-state index contributed by atoms with van der Waals surface area (Å²) in [5.41, 5.74) is 4.78. The highest BCUT2D eigenvalue weighted by molar-refractivity contribution is 5.89. The van der Waals surface area contributed by atoms with E-state index in [1.807, 2.05) is 12.4 Å². The molecule has 5 rings (SSSR count). The molecular formula is C20H21N5. The van der Waals surface area contributed by atoms with Crippen LogP contribution in [0.5, 0.6) is 0 Å². The van der Waals surface area contributed by atoms with Crippen molar-refractivity contribution in [2.45, 2.75) is 6.54 Å².